The molecule has 2 aromatic heterocycles. The van der Waals surface area contributed by atoms with Gasteiger partial charge in [-0.15, -0.1) is 0 Å². The van der Waals surface area contributed by atoms with Gasteiger partial charge in [-0.05, 0) is 30.7 Å². The standard InChI is InChI=1S/C26H24FN3O3/c1-16-18-7-5-9-22(32-2)25(18)29-24(16)26(31)30-12-13-33-23(15-30)21-11-10-17(14-28-21)19-6-3-4-8-20(19)27/h3-11,14,23,29H,12-13,15H2,1-2H3/t23-/m0/s1. The fourth-order valence-electron chi connectivity index (χ4n) is 4.33. The average molecular weight is 445 g/mol. The van der Waals surface area contributed by atoms with E-state index in [0.717, 1.165) is 16.5 Å². The molecule has 1 amide bonds. The van der Waals surface area contributed by atoms with Gasteiger partial charge in [-0.25, -0.2) is 4.39 Å². The van der Waals surface area contributed by atoms with Crippen molar-refractivity contribution >= 4 is 16.8 Å². The molecule has 0 aliphatic carbocycles. The van der Waals surface area contributed by atoms with Crippen LogP contribution in [-0.2, 0) is 4.74 Å². The maximum atomic E-state index is 14.1. The number of nitrogens with zero attached hydrogens (tertiary/aromatic N) is 2. The first-order valence-corrected chi connectivity index (χ1v) is 10.8. The molecule has 2 aromatic carbocycles. The summed E-state index contributed by atoms with van der Waals surface area (Å²) >= 11 is 0. The summed E-state index contributed by atoms with van der Waals surface area (Å²) in [5, 5.41) is 0.966. The van der Waals surface area contributed by atoms with Crippen molar-refractivity contribution in [3.8, 4) is 16.9 Å². The number of aromatic nitrogens is 2. The average Bonchev–Trinajstić information content (AvgIpc) is 3.20. The van der Waals surface area contributed by atoms with Crippen LogP contribution in [0.4, 0.5) is 4.39 Å². The number of benzene rings is 2. The lowest BCUT2D eigenvalue weighted by atomic mass is 10.1. The third kappa shape index (κ3) is 3.85. The number of carbonyl (C=O) groups is 1. The molecule has 1 aliphatic heterocycles. The Morgan fingerprint density at radius 2 is 2.03 bits per heavy atom. The molecule has 6 nitrogen and oxygen atoms in total. The minimum Gasteiger partial charge on any atom is -0.495 e. The van der Waals surface area contributed by atoms with Crippen LogP contribution in [0.15, 0.2) is 60.8 Å². The predicted molar refractivity (Wildman–Crippen MR) is 124 cm³/mol. The van der Waals surface area contributed by atoms with Crippen molar-refractivity contribution in [3.05, 3.63) is 83.6 Å². The summed E-state index contributed by atoms with van der Waals surface area (Å²) in [4.78, 5) is 22.9. The summed E-state index contributed by atoms with van der Waals surface area (Å²) in [6.45, 7) is 3.23. The van der Waals surface area contributed by atoms with E-state index in [1.54, 1.807) is 36.4 Å². The van der Waals surface area contributed by atoms with Gasteiger partial charge in [0.15, 0.2) is 0 Å². The van der Waals surface area contributed by atoms with Gasteiger partial charge in [-0.2, -0.15) is 0 Å². The summed E-state index contributed by atoms with van der Waals surface area (Å²) in [6, 6.07) is 16.0. The first kappa shape index (κ1) is 21.2. The Labute approximate surface area is 191 Å². The van der Waals surface area contributed by atoms with E-state index in [9.17, 15) is 9.18 Å². The molecule has 1 aliphatic rings. The van der Waals surface area contributed by atoms with Crippen LogP contribution < -0.4 is 4.74 Å². The van der Waals surface area contributed by atoms with Crippen molar-refractivity contribution in [2.24, 2.45) is 0 Å². The Kier molecular flexibility index (Phi) is 5.56. The van der Waals surface area contributed by atoms with Crippen molar-refractivity contribution in [2.75, 3.05) is 26.8 Å². The van der Waals surface area contributed by atoms with Gasteiger partial charge >= 0.3 is 0 Å². The molecule has 0 spiro atoms. The number of pyridine rings is 1. The molecule has 1 atom stereocenters. The number of rotatable bonds is 4. The van der Waals surface area contributed by atoms with Crippen LogP contribution in [0, 0.1) is 12.7 Å². The van der Waals surface area contributed by atoms with Crippen molar-refractivity contribution in [1.82, 2.24) is 14.9 Å². The fraction of sp³-hybridized carbons (Fsp3) is 0.231. The molecule has 7 heteroatoms. The van der Waals surface area contributed by atoms with E-state index in [-0.39, 0.29) is 17.8 Å². The Balaban J connectivity index is 1.37. The molecule has 168 valence electrons. The van der Waals surface area contributed by atoms with Crippen molar-refractivity contribution in [3.63, 3.8) is 0 Å². The molecule has 4 aromatic rings. The van der Waals surface area contributed by atoms with Gasteiger partial charge in [-0.1, -0.05) is 36.4 Å². The van der Waals surface area contributed by atoms with Gasteiger partial charge < -0.3 is 19.4 Å². The second kappa shape index (κ2) is 8.67. The number of morpholine rings is 1. The number of fused-ring (bicyclic) bond motifs is 1. The number of nitrogens with one attached hydrogen (secondary N) is 1. The van der Waals surface area contributed by atoms with Gasteiger partial charge in [0.2, 0.25) is 0 Å². The Hall–Kier alpha value is -3.71. The molecule has 0 radical (unpaired) electrons. The quantitative estimate of drug-likeness (QED) is 0.485. The van der Waals surface area contributed by atoms with Gasteiger partial charge in [-0.3, -0.25) is 9.78 Å². The third-order valence-electron chi connectivity index (χ3n) is 6.14. The summed E-state index contributed by atoms with van der Waals surface area (Å²) < 4.78 is 25.4. The lowest BCUT2D eigenvalue weighted by Crippen LogP contribution is -2.42. The van der Waals surface area contributed by atoms with Crippen molar-refractivity contribution in [2.45, 2.75) is 13.0 Å². The highest BCUT2D eigenvalue weighted by molar-refractivity contribution is 6.02. The second-order valence-electron chi connectivity index (χ2n) is 8.07. The number of aryl methyl sites for hydroxylation is 1. The lowest BCUT2D eigenvalue weighted by Gasteiger charge is -2.32. The number of methoxy groups -OCH3 is 1. The number of para-hydroxylation sites is 1. The maximum Gasteiger partial charge on any atom is 0.270 e. The smallest absolute Gasteiger partial charge is 0.270 e. The number of hydrogen-bond donors (Lipinski definition) is 1. The van der Waals surface area contributed by atoms with E-state index in [1.807, 2.05) is 37.3 Å². The normalized spacial score (nSPS) is 16.2. The minimum absolute atomic E-state index is 0.0815. The van der Waals surface area contributed by atoms with Gasteiger partial charge in [0.05, 0.1) is 31.5 Å². The van der Waals surface area contributed by atoms with Crippen LogP contribution >= 0.6 is 0 Å². The molecular formula is C26H24FN3O3. The number of halogens is 1. The Morgan fingerprint density at radius 1 is 1.18 bits per heavy atom. The number of H-pyrrole nitrogens is 1. The van der Waals surface area contributed by atoms with Crippen LogP contribution in [0.2, 0.25) is 0 Å². The zero-order valence-corrected chi connectivity index (χ0v) is 18.5. The van der Waals surface area contributed by atoms with Crippen LogP contribution in [0.5, 0.6) is 5.75 Å². The number of hydrogen-bond acceptors (Lipinski definition) is 4. The first-order valence-electron chi connectivity index (χ1n) is 10.8. The summed E-state index contributed by atoms with van der Waals surface area (Å²) in [5.74, 6) is 0.332. The van der Waals surface area contributed by atoms with E-state index < -0.39 is 0 Å². The summed E-state index contributed by atoms with van der Waals surface area (Å²) in [7, 11) is 1.61. The monoisotopic (exact) mass is 445 g/mol. The number of ether oxygens (including phenoxy) is 2. The Bertz CT molecular complexity index is 1320. The number of carbonyl (C=O) groups excluding carboxylic acids is 1. The molecular weight excluding hydrogens is 421 g/mol. The molecule has 0 bridgehead atoms. The molecule has 0 saturated carbocycles. The maximum absolute atomic E-state index is 14.1. The third-order valence-corrected chi connectivity index (χ3v) is 6.14. The van der Waals surface area contributed by atoms with E-state index in [0.29, 0.717) is 48.0 Å². The molecule has 0 unspecified atom stereocenters. The lowest BCUT2D eigenvalue weighted by molar-refractivity contribution is -0.0249. The largest absolute Gasteiger partial charge is 0.495 e. The SMILES string of the molecule is COc1cccc2c(C)c(C(=O)N3CCO[C@H](c4ccc(-c5ccccc5F)cn4)C3)[nH]c12. The van der Waals surface area contributed by atoms with Crippen molar-refractivity contribution < 1.29 is 18.7 Å². The van der Waals surface area contributed by atoms with Crippen LogP contribution in [0.1, 0.15) is 27.8 Å². The molecule has 33 heavy (non-hydrogen) atoms. The first-order chi connectivity index (χ1) is 16.1. The van der Waals surface area contributed by atoms with E-state index in [4.69, 9.17) is 9.47 Å². The zero-order chi connectivity index (χ0) is 22.9. The molecule has 1 fully saturated rings. The van der Waals surface area contributed by atoms with Crippen LogP contribution in [0.3, 0.4) is 0 Å². The van der Waals surface area contributed by atoms with Gasteiger partial charge in [0.25, 0.3) is 5.91 Å². The zero-order valence-electron chi connectivity index (χ0n) is 18.5. The highest BCUT2D eigenvalue weighted by atomic mass is 19.1. The van der Waals surface area contributed by atoms with E-state index >= 15 is 0 Å². The van der Waals surface area contributed by atoms with E-state index in [1.165, 1.54) is 6.07 Å². The number of aromatic amines is 1. The van der Waals surface area contributed by atoms with Gasteiger partial charge in [0.1, 0.15) is 23.4 Å². The summed E-state index contributed by atoms with van der Waals surface area (Å²) in [6.07, 6.45) is 1.29. The van der Waals surface area contributed by atoms with Crippen LogP contribution in [-0.4, -0.2) is 47.6 Å². The van der Waals surface area contributed by atoms with E-state index in [2.05, 4.69) is 9.97 Å². The molecule has 1 N–H and O–H groups in total. The molecule has 1 saturated heterocycles. The second-order valence-corrected chi connectivity index (χ2v) is 8.07. The number of amides is 1. The Morgan fingerprint density at radius 3 is 2.79 bits per heavy atom. The fourth-order valence-corrected chi connectivity index (χ4v) is 4.33. The van der Waals surface area contributed by atoms with Crippen molar-refractivity contribution in [1.29, 1.82) is 0 Å². The molecule has 5 rings (SSSR count). The highest BCUT2D eigenvalue weighted by Crippen LogP contribution is 2.31. The highest BCUT2D eigenvalue weighted by Gasteiger charge is 2.29. The minimum atomic E-state index is -0.350. The molecule has 3 heterocycles. The summed E-state index contributed by atoms with van der Waals surface area (Å²) in [5.41, 5.74) is 4.17. The predicted octanol–water partition coefficient (Wildman–Crippen LogP) is 4.90. The van der Waals surface area contributed by atoms with Crippen LogP contribution in [0.25, 0.3) is 22.0 Å². The topological polar surface area (TPSA) is 67.4 Å². The van der Waals surface area contributed by atoms with Gasteiger partial charge in [0, 0.05) is 29.3 Å².